The second-order valence-electron chi connectivity index (χ2n) is 5.06. The molecule has 11 heteroatoms. The van der Waals surface area contributed by atoms with Gasteiger partial charge in [0.2, 0.25) is 0 Å². The molecule has 0 radical (unpaired) electrons. The molecule has 0 aliphatic carbocycles. The Morgan fingerprint density at radius 1 is 1.30 bits per heavy atom. The lowest BCUT2D eigenvalue weighted by Gasteiger charge is -2.24. The first kappa shape index (κ1) is 16.9. The molecule has 1 saturated heterocycles. The predicted molar refractivity (Wildman–Crippen MR) is 80.5 cm³/mol. The summed E-state index contributed by atoms with van der Waals surface area (Å²) >= 11 is 0. The number of amides is 3. The summed E-state index contributed by atoms with van der Waals surface area (Å²) in [4.78, 5) is 26.5. The molecule has 128 valence electrons. The molecule has 1 aromatic heterocycles. The summed E-state index contributed by atoms with van der Waals surface area (Å²) in [5, 5.41) is 14.6. The molecule has 3 amide bonds. The summed E-state index contributed by atoms with van der Waals surface area (Å²) in [7, 11) is 0. The van der Waals surface area contributed by atoms with Crippen molar-refractivity contribution in [3.8, 4) is 0 Å². The zero-order valence-electron chi connectivity index (χ0n) is 13.3. The van der Waals surface area contributed by atoms with Gasteiger partial charge in [0.25, 0.3) is 11.9 Å². The molecule has 0 aromatic carbocycles. The SMILES string of the molecule is CCCNC(=O)NNC(=O)C(C)n1nnc(N2CCOCC2)n1. The van der Waals surface area contributed by atoms with Gasteiger partial charge in [0, 0.05) is 19.6 Å². The molecule has 1 unspecified atom stereocenters. The van der Waals surface area contributed by atoms with Gasteiger partial charge in [-0.15, -0.1) is 9.90 Å². The summed E-state index contributed by atoms with van der Waals surface area (Å²) in [5.74, 6) is 0.0178. The molecular weight excluding hydrogens is 304 g/mol. The number of tetrazole rings is 1. The Morgan fingerprint density at radius 3 is 2.74 bits per heavy atom. The molecule has 2 rings (SSSR count). The highest BCUT2D eigenvalue weighted by Gasteiger charge is 2.21. The fourth-order valence-corrected chi connectivity index (χ4v) is 1.88. The third-order valence-electron chi connectivity index (χ3n) is 3.27. The largest absolute Gasteiger partial charge is 0.378 e. The Balaban J connectivity index is 1.84. The van der Waals surface area contributed by atoms with Crippen LogP contribution in [0.3, 0.4) is 0 Å². The van der Waals surface area contributed by atoms with Crippen molar-refractivity contribution in [3.63, 3.8) is 0 Å². The van der Waals surface area contributed by atoms with Gasteiger partial charge in [0.15, 0.2) is 6.04 Å². The van der Waals surface area contributed by atoms with Gasteiger partial charge < -0.3 is 15.0 Å². The van der Waals surface area contributed by atoms with Gasteiger partial charge in [0.1, 0.15) is 0 Å². The minimum Gasteiger partial charge on any atom is -0.378 e. The molecule has 11 nitrogen and oxygen atoms in total. The molecule has 1 aromatic rings. The van der Waals surface area contributed by atoms with Gasteiger partial charge in [-0.1, -0.05) is 12.0 Å². The fourth-order valence-electron chi connectivity index (χ4n) is 1.88. The Kier molecular flexibility index (Phi) is 6.09. The van der Waals surface area contributed by atoms with Crippen LogP contribution in [0, 0.1) is 0 Å². The van der Waals surface area contributed by atoms with Crippen LogP contribution in [0.5, 0.6) is 0 Å². The Labute approximate surface area is 133 Å². The number of carbonyl (C=O) groups is 2. The van der Waals surface area contributed by atoms with Crippen molar-refractivity contribution in [3.05, 3.63) is 0 Å². The number of hydrazine groups is 1. The van der Waals surface area contributed by atoms with E-state index in [-0.39, 0.29) is 0 Å². The van der Waals surface area contributed by atoms with Crippen molar-refractivity contribution in [1.82, 2.24) is 36.4 Å². The van der Waals surface area contributed by atoms with Crippen LogP contribution in [0.25, 0.3) is 0 Å². The van der Waals surface area contributed by atoms with Crippen molar-refractivity contribution < 1.29 is 14.3 Å². The van der Waals surface area contributed by atoms with Gasteiger partial charge in [-0.25, -0.2) is 10.2 Å². The number of nitrogens with one attached hydrogen (secondary N) is 3. The van der Waals surface area contributed by atoms with Crippen LogP contribution in [0.2, 0.25) is 0 Å². The van der Waals surface area contributed by atoms with Crippen LogP contribution < -0.4 is 21.1 Å². The lowest BCUT2D eigenvalue weighted by molar-refractivity contribution is -0.125. The second kappa shape index (κ2) is 8.27. The smallest absolute Gasteiger partial charge is 0.333 e. The molecule has 3 N–H and O–H groups in total. The number of rotatable bonds is 5. The van der Waals surface area contributed by atoms with Crippen LogP contribution in [0.1, 0.15) is 26.3 Å². The fraction of sp³-hybridized carbons (Fsp3) is 0.750. The number of ether oxygens (including phenoxy) is 1. The minimum absolute atomic E-state index is 0.442. The van der Waals surface area contributed by atoms with Crippen molar-refractivity contribution in [2.75, 3.05) is 37.7 Å². The number of anilines is 1. The van der Waals surface area contributed by atoms with Crippen molar-refractivity contribution in [1.29, 1.82) is 0 Å². The molecular formula is C12H22N8O3. The van der Waals surface area contributed by atoms with E-state index in [0.717, 1.165) is 6.42 Å². The minimum atomic E-state index is -0.705. The maximum atomic E-state index is 12.0. The monoisotopic (exact) mass is 326 g/mol. The maximum absolute atomic E-state index is 12.0. The first-order chi connectivity index (χ1) is 11.1. The van der Waals surface area contributed by atoms with E-state index in [1.807, 2.05) is 11.8 Å². The van der Waals surface area contributed by atoms with E-state index < -0.39 is 18.0 Å². The highest BCUT2D eigenvalue weighted by Crippen LogP contribution is 2.09. The van der Waals surface area contributed by atoms with E-state index in [1.165, 1.54) is 4.80 Å². The summed E-state index contributed by atoms with van der Waals surface area (Å²) in [6, 6.07) is -1.17. The zero-order chi connectivity index (χ0) is 16.7. The average Bonchev–Trinajstić information content (AvgIpc) is 3.08. The topological polar surface area (TPSA) is 126 Å². The molecule has 1 aliphatic rings. The highest BCUT2D eigenvalue weighted by molar-refractivity contribution is 5.83. The molecule has 0 bridgehead atoms. The Morgan fingerprint density at radius 2 is 2.04 bits per heavy atom. The molecule has 1 atom stereocenters. The predicted octanol–water partition coefficient (Wildman–Crippen LogP) is -1.19. The van der Waals surface area contributed by atoms with Crippen LogP contribution in [0.15, 0.2) is 0 Å². The first-order valence-electron chi connectivity index (χ1n) is 7.57. The number of aromatic nitrogens is 4. The van der Waals surface area contributed by atoms with Crippen LogP contribution in [-0.2, 0) is 9.53 Å². The number of nitrogens with zero attached hydrogens (tertiary/aromatic N) is 5. The summed E-state index contributed by atoms with van der Waals surface area (Å²) in [5.41, 5.74) is 4.59. The quantitative estimate of drug-likeness (QED) is 0.581. The van der Waals surface area contributed by atoms with E-state index >= 15 is 0 Å². The molecule has 2 heterocycles. The number of urea groups is 1. The summed E-state index contributed by atoms with van der Waals surface area (Å²) in [6.07, 6.45) is 0.810. The standard InChI is InChI=1S/C12H22N8O3/c1-3-4-13-12(22)16-14-10(21)9(2)20-17-11(15-18-20)19-5-7-23-8-6-19/h9H,3-8H2,1-2H3,(H,14,21)(H2,13,16,22). The number of carbonyl (C=O) groups excluding carboxylic acids is 2. The molecule has 23 heavy (non-hydrogen) atoms. The van der Waals surface area contributed by atoms with Gasteiger partial charge in [-0.3, -0.25) is 10.2 Å². The van der Waals surface area contributed by atoms with Crippen molar-refractivity contribution >= 4 is 17.9 Å². The Hall–Kier alpha value is -2.43. The number of hydrogen-bond acceptors (Lipinski definition) is 7. The van der Waals surface area contributed by atoms with Crippen molar-refractivity contribution in [2.24, 2.45) is 0 Å². The third kappa shape index (κ3) is 4.77. The van der Waals surface area contributed by atoms with Crippen LogP contribution >= 0.6 is 0 Å². The van der Waals surface area contributed by atoms with E-state index in [0.29, 0.717) is 38.8 Å². The first-order valence-corrected chi connectivity index (χ1v) is 7.57. The number of hydrogen-bond donors (Lipinski definition) is 3. The molecule has 1 aliphatic heterocycles. The lowest BCUT2D eigenvalue weighted by Crippen LogP contribution is -2.49. The molecule has 0 spiro atoms. The number of morpholine rings is 1. The maximum Gasteiger partial charge on any atom is 0.333 e. The zero-order valence-corrected chi connectivity index (χ0v) is 13.3. The average molecular weight is 326 g/mol. The van der Waals surface area contributed by atoms with Gasteiger partial charge in [0.05, 0.1) is 13.2 Å². The van der Waals surface area contributed by atoms with Crippen LogP contribution in [0.4, 0.5) is 10.7 Å². The van der Waals surface area contributed by atoms with Gasteiger partial charge in [-0.05, 0) is 18.6 Å². The lowest BCUT2D eigenvalue weighted by atomic mass is 10.3. The van der Waals surface area contributed by atoms with Gasteiger partial charge in [-0.2, -0.15) is 0 Å². The van der Waals surface area contributed by atoms with Crippen LogP contribution in [-0.4, -0.2) is 65.0 Å². The summed E-state index contributed by atoms with van der Waals surface area (Å²) < 4.78 is 5.26. The van der Waals surface area contributed by atoms with E-state index in [4.69, 9.17) is 4.74 Å². The third-order valence-corrected chi connectivity index (χ3v) is 3.27. The Bertz CT molecular complexity index is 528. The normalized spacial score (nSPS) is 15.8. The summed E-state index contributed by atoms with van der Waals surface area (Å²) in [6.45, 7) is 6.68. The highest BCUT2D eigenvalue weighted by atomic mass is 16.5. The van der Waals surface area contributed by atoms with E-state index in [9.17, 15) is 9.59 Å². The van der Waals surface area contributed by atoms with E-state index in [2.05, 4.69) is 31.6 Å². The molecule has 1 fully saturated rings. The molecule has 0 saturated carbocycles. The van der Waals surface area contributed by atoms with Gasteiger partial charge >= 0.3 is 6.03 Å². The van der Waals surface area contributed by atoms with Crippen molar-refractivity contribution in [2.45, 2.75) is 26.3 Å². The van der Waals surface area contributed by atoms with E-state index in [1.54, 1.807) is 6.92 Å². The second-order valence-corrected chi connectivity index (χ2v) is 5.06.